The van der Waals surface area contributed by atoms with Crippen LogP contribution in [0.15, 0.2) is 48.5 Å². The van der Waals surface area contributed by atoms with E-state index < -0.39 is 0 Å². The molecular formula is C23H25Cl2N5. The second-order valence-electron chi connectivity index (χ2n) is 7.72. The second-order valence-corrected chi connectivity index (χ2v) is 8.16. The van der Waals surface area contributed by atoms with Crippen molar-refractivity contribution in [3.8, 4) is 11.3 Å². The van der Waals surface area contributed by atoms with Crippen LogP contribution in [0.2, 0.25) is 5.02 Å². The molecule has 1 aromatic heterocycles. The van der Waals surface area contributed by atoms with Crippen LogP contribution in [0.25, 0.3) is 16.8 Å². The Morgan fingerprint density at radius 1 is 1.17 bits per heavy atom. The highest BCUT2D eigenvalue weighted by molar-refractivity contribution is 6.30. The van der Waals surface area contributed by atoms with Crippen LogP contribution in [0, 0.1) is 6.92 Å². The fourth-order valence-electron chi connectivity index (χ4n) is 4.35. The van der Waals surface area contributed by atoms with Gasteiger partial charge in [-0.3, -0.25) is 0 Å². The molecule has 1 atom stereocenters. The van der Waals surface area contributed by atoms with E-state index in [1.807, 2.05) is 35.9 Å². The molecule has 3 aromatic rings. The summed E-state index contributed by atoms with van der Waals surface area (Å²) in [6.45, 7) is 4.84. The second kappa shape index (κ2) is 8.80. The van der Waals surface area contributed by atoms with E-state index in [9.17, 15) is 0 Å². The van der Waals surface area contributed by atoms with Crippen LogP contribution >= 0.6 is 24.0 Å². The molecule has 0 radical (unpaired) electrons. The minimum absolute atomic E-state index is 0. The highest BCUT2D eigenvalue weighted by Gasteiger charge is 2.26. The van der Waals surface area contributed by atoms with Gasteiger partial charge in [-0.05, 0) is 73.3 Å². The Bertz CT molecular complexity index is 1070. The van der Waals surface area contributed by atoms with Crippen molar-refractivity contribution in [2.24, 2.45) is 0 Å². The molecule has 3 heterocycles. The monoisotopic (exact) mass is 441 g/mol. The molecule has 2 aliphatic rings. The van der Waals surface area contributed by atoms with Gasteiger partial charge in [0.1, 0.15) is 0 Å². The summed E-state index contributed by atoms with van der Waals surface area (Å²) in [4.78, 5) is 0. The van der Waals surface area contributed by atoms with Gasteiger partial charge in [0.15, 0.2) is 0 Å². The van der Waals surface area contributed by atoms with Gasteiger partial charge >= 0.3 is 0 Å². The van der Waals surface area contributed by atoms with Gasteiger partial charge in [0.2, 0.25) is 0 Å². The van der Waals surface area contributed by atoms with Crippen LogP contribution < -0.4 is 10.6 Å². The van der Waals surface area contributed by atoms with Crippen molar-refractivity contribution in [3.63, 3.8) is 0 Å². The molecule has 5 rings (SSSR count). The molecule has 5 nitrogen and oxygen atoms in total. The lowest BCUT2D eigenvalue weighted by molar-refractivity contribution is 0.539. The molecule has 30 heavy (non-hydrogen) atoms. The van der Waals surface area contributed by atoms with Crippen molar-refractivity contribution in [1.29, 1.82) is 0 Å². The van der Waals surface area contributed by atoms with Gasteiger partial charge in [-0.2, -0.15) is 0 Å². The van der Waals surface area contributed by atoms with Gasteiger partial charge in [-0.1, -0.05) is 35.0 Å². The normalized spacial score (nSPS) is 17.8. The Morgan fingerprint density at radius 3 is 2.77 bits per heavy atom. The number of rotatable bonds is 3. The minimum Gasteiger partial charge on any atom is -0.378 e. The van der Waals surface area contributed by atoms with Crippen LogP contribution in [-0.4, -0.2) is 28.1 Å². The maximum Gasteiger partial charge on any atom is 0.0918 e. The van der Waals surface area contributed by atoms with Gasteiger partial charge in [-0.15, -0.1) is 17.5 Å². The third-order valence-corrected chi connectivity index (χ3v) is 6.09. The van der Waals surface area contributed by atoms with Crippen molar-refractivity contribution < 1.29 is 0 Å². The molecule has 1 unspecified atom stereocenters. The summed E-state index contributed by atoms with van der Waals surface area (Å²) in [5, 5.41) is 16.6. The maximum atomic E-state index is 6.07. The molecule has 2 aromatic carbocycles. The summed E-state index contributed by atoms with van der Waals surface area (Å²) in [6, 6.07) is 15.0. The average molecular weight is 442 g/mol. The van der Waals surface area contributed by atoms with Crippen LogP contribution in [0.4, 0.5) is 5.69 Å². The van der Waals surface area contributed by atoms with E-state index in [1.54, 1.807) is 0 Å². The van der Waals surface area contributed by atoms with Gasteiger partial charge < -0.3 is 10.6 Å². The number of anilines is 1. The first-order chi connectivity index (χ1) is 14.2. The smallest absolute Gasteiger partial charge is 0.0918 e. The van der Waals surface area contributed by atoms with Gasteiger partial charge in [0.05, 0.1) is 17.4 Å². The molecule has 7 heteroatoms. The van der Waals surface area contributed by atoms with Crippen LogP contribution in [0.3, 0.4) is 0 Å². The molecule has 0 saturated carbocycles. The van der Waals surface area contributed by atoms with Crippen molar-refractivity contribution in [3.05, 3.63) is 70.4 Å². The maximum absolute atomic E-state index is 6.07. The number of hydrogen-bond acceptors (Lipinski definition) is 4. The molecule has 2 N–H and O–H groups in total. The molecule has 0 fully saturated rings. The van der Waals surface area contributed by atoms with Gasteiger partial charge in [0.25, 0.3) is 0 Å². The fourth-order valence-corrected chi connectivity index (χ4v) is 4.47. The molecule has 0 spiro atoms. The predicted molar refractivity (Wildman–Crippen MR) is 125 cm³/mol. The first-order valence-electron chi connectivity index (χ1n) is 10.2. The van der Waals surface area contributed by atoms with E-state index in [1.165, 1.54) is 22.3 Å². The van der Waals surface area contributed by atoms with Crippen molar-refractivity contribution in [2.75, 3.05) is 18.4 Å². The Labute approximate surface area is 187 Å². The molecule has 2 aliphatic heterocycles. The summed E-state index contributed by atoms with van der Waals surface area (Å²) in [6.07, 6.45) is 4.31. The van der Waals surface area contributed by atoms with Crippen LogP contribution in [0.5, 0.6) is 0 Å². The van der Waals surface area contributed by atoms with E-state index >= 15 is 0 Å². The first kappa shape index (κ1) is 20.9. The lowest BCUT2D eigenvalue weighted by atomic mass is 9.90. The fraction of sp³-hybridized carbons (Fsp3) is 0.304. The van der Waals surface area contributed by atoms with E-state index in [-0.39, 0.29) is 18.4 Å². The summed E-state index contributed by atoms with van der Waals surface area (Å²) >= 11 is 6.07. The summed E-state index contributed by atoms with van der Waals surface area (Å²) in [5.41, 5.74) is 8.44. The molecule has 0 aliphatic carbocycles. The highest BCUT2D eigenvalue weighted by Crippen LogP contribution is 2.38. The third-order valence-electron chi connectivity index (χ3n) is 5.84. The van der Waals surface area contributed by atoms with Gasteiger partial charge in [0, 0.05) is 29.4 Å². The molecule has 0 amide bonds. The Balaban J connectivity index is 0.00000218. The molecular weight excluding hydrogens is 417 g/mol. The molecule has 0 bridgehead atoms. The van der Waals surface area contributed by atoms with Crippen molar-refractivity contribution in [1.82, 2.24) is 20.3 Å². The number of fused-ring (bicyclic) bond motifs is 3. The van der Waals surface area contributed by atoms with Crippen LogP contribution in [-0.2, 0) is 6.54 Å². The number of hydrogen-bond donors (Lipinski definition) is 2. The molecule has 156 valence electrons. The summed E-state index contributed by atoms with van der Waals surface area (Å²) in [7, 11) is 0. The predicted octanol–water partition coefficient (Wildman–Crippen LogP) is 5.26. The molecule has 0 saturated heterocycles. The Hall–Kier alpha value is -2.34. The van der Waals surface area contributed by atoms with E-state index in [2.05, 4.69) is 45.2 Å². The number of halogens is 2. The number of nitrogens with zero attached hydrogens (tertiary/aromatic N) is 3. The quantitative estimate of drug-likeness (QED) is 0.581. The topological polar surface area (TPSA) is 54.8 Å². The third kappa shape index (κ3) is 3.97. The van der Waals surface area contributed by atoms with E-state index in [4.69, 9.17) is 11.6 Å². The first-order valence-corrected chi connectivity index (χ1v) is 10.5. The lowest BCUT2D eigenvalue weighted by Gasteiger charge is -2.22. The average Bonchev–Trinajstić information content (AvgIpc) is 3.05. The van der Waals surface area contributed by atoms with Gasteiger partial charge in [-0.25, -0.2) is 4.68 Å². The Kier molecular flexibility index (Phi) is 6.14. The van der Waals surface area contributed by atoms with E-state index in [0.717, 1.165) is 54.6 Å². The minimum atomic E-state index is 0. The standard InChI is InChI=1S/C23H24ClN5.ClH/c1-15-23-20-7-2-17(16-8-11-25-12-9-16)14-21(20)22(10-13-29(23)28-27-15)26-19-5-3-18(24)4-6-19;/h2-8,14,22,25-26H,9-13H2,1H3;1H. The largest absolute Gasteiger partial charge is 0.378 e. The highest BCUT2D eigenvalue weighted by atomic mass is 35.5. The zero-order valence-corrected chi connectivity index (χ0v) is 18.4. The van der Waals surface area contributed by atoms with Crippen molar-refractivity contribution >= 4 is 35.3 Å². The van der Waals surface area contributed by atoms with E-state index in [0.29, 0.717) is 0 Å². The van der Waals surface area contributed by atoms with Crippen molar-refractivity contribution in [2.45, 2.75) is 32.4 Å². The SMILES string of the molecule is Cc1nnn2c1-c1ccc(C3=CCNCC3)cc1C(Nc1ccc(Cl)cc1)CC2.Cl. The zero-order valence-electron chi connectivity index (χ0n) is 16.9. The number of nitrogens with one attached hydrogen (secondary N) is 2. The summed E-state index contributed by atoms with van der Waals surface area (Å²) < 4.78 is 2.04. The Morgan fingerprint density at radius 2 is 2.00 bits per heavy atom. The van der Waals surface area contributed by atoms with Crippen LogP contribution in [0.1, 0.15) is 35.7 Å². The zero-order chi connectivity index (χ0) is 19.8. The number of aromatic nitrogens is 3. The number of benzene rings is 2. The summed E-state index contributed by atoms with van der Waals surface area (Å²) in [5.74, 6) is 0. The number of aryl methyl sites for hydroxylation is 2. The lowest BCUT2D eigenvalue weighted by Crippen LogP contribution is -2.20.